The summed E-state index contributed by atoms with van der Waals surface area (Å²) in [5.41, 5.74) is 1.74. The Labute approximate surface area is 118 Å². The molecule has 0 saturated heterocycles. The number of methoxy groups -OCH3 is 1. The number of carbonyl (C=O) groups excluding carboxylic acids is 1. The molecule has 0 aliphatic heterocycles. The summed E-state index contributed by atoms with van der Waals surface area (Å²) in [6.45, 7) is 6.44. The summed E-state index contributed by atoms with van der Waals surface area (Å²) in [4.78, 5) is 14.1. The van der Waals surface area contributed by atoms with Gasteiger partial charge in [-0.05, 0) is 17.0 Å². The Hall–Kier alpha value is -1.61. The molecule has 0 fully saturated rings. The van der Waals surface area contributed by atoms with Gasteiger partial charge in [-0.15, -0.1) is 11.3 Å². The second-order valence-electron chi connectivity index (χ2n) is 5.46. The molecule has 0 saturated carbocycles. The highest BCUT2D eigenvalue weighted by atomic mass is 32.1. The maximum Gasteiger partial charge on any atom is 0.339 e. The maximum absolute atomic E-state index is 11.9. The quantitative estimate of drug-likeness (QED) is 0.754. The van der Waals surface area contributed by atoms with E-state index in [0.29, 0.717) is 5.56 Å². The van der Waals surface area contributed by atoms with Crippen LogP contribution < -0.4 is 0 Å². The lowest BCUT2D eigenvalue weighted by Crippen LogP contribution is -2.08. The Balaban J connectivity index is 2.59. The fourth-order valence-corrected chi connectivity index (χ4v) is 3.04. The summed E-state index contributed by atoms with van der Waals surface area (Å²) in [5.74, 6) is -0.273. The summed E-state index contributed by atoms with van der Waals surface area (Å²) < 4.78 is 4.89. The van der Waals surface area contributed by atoms with E-state index in [9.17, 15) is 4.79 Å². The molecule has 2 aromatic rings. The van der Waals surface area contributed by atoms with E-state index in [-0.39, 0.29) is 11.4 Å². The first-order valence-electron chi connectivity index (χ1n) is 6.21. The first kappa shape index (κ1) is 13.8. The zero-order valence-electron chi connectivity index (χ0n) is 11.7. The number of carbonyl (C=O) groups is 1. The molecule has 100 valence electrons. The molecule has 2 rings (SSSR count). The van der Waals surface area contributed by atoms with E-state index in [1.165, 1.54) is 12.0 Å². The molecule has 2 nitrogen and oxygen atoms in total. The van der Waals surface area contributed by atoms with Gasteiger partial charge in [0.05, 0.1) is 12.7 Å². The number of benzene rings is 1. The van der Waals surface area contributed by atoms with Crippen LogP contribution in [-0.4, -0.2) is 13.1 Å². The molecule has 0 radical (unpaired) electrons. The van der Waals surface area contributed by atoms with E-state index >= 15 is 0 Å². The van der Waals surface area contributed by atoms with E-state index in [1.54, 1.807) is 11.3 Å². The molecule has 0 unspecified atom stereocenters. The van der Waals surface area contributed by atoms with Crippen LogP contribution in [0.3, 0.4) is 0 Å². The van der Waals surface area contributed by atoms with Crippen LogP contribution in [0.5, 0.6) is 0 Å². The monoisotopic (exact) mass is 274 g/mol. The third-order valence-electron chi connectivity index (χ3n) is 2.91. The average Bonchev–Trinajstić information content (AvgIpc) is 2.83. The molecule has 0 aliphatic carbocycles. The van der Waals surface area contributed by atoms with Crippen molar-refractivity contribution in [3.05, 3.63) is 46.8 Å². The minimum atomic E-state index is -0.273. The highest BCUT2D eigenvalue weighted by molar-refractivity contribution is 7.16. The van der Waals surface area contributed by atoms with Gasteiger partial charge in [-0.25, -0.2) is 4.79 Å². The van der Waals surface area contributed by atoms with Crippen LogP contribution in [0.4, 0.5) is 0 Å². The van der Waals surface area contributed by atoms with Crippen molar-refractivity contribution in [2.45, 2.75) is 26.2 Å². The molecule has 0 aliphatic rings. The van der Waals surface area contributed by atoms with Crippen molar-refractivity contribution in [3.8, 4) is 10.4 Å². The van der Waals surface area contributed by atoms with Crippen LogP contribution in [0.1, 0.15) is 36.0 Å². The van der Waals surface area contributed by atoms with Crippen molar-refractivity contribution in [2.75, 3.05) is 7.11 Å². The van der Waals surface area contributed by atoms with Crippen molar-refractivity contribution >= 4 is 17.3 Å². The summed E-state index contributed by atoms with van der Waals surface area (Å²) in [7, 11) is 1.42. The fourth-order valence-electron chi connectivity index (χ4n) is 1.83. The topological polar surface area (TPSA) is 26.3 Å². The molecule has 1 aromatic heterocycles. The molecule has 3 heteroatoms. The lowest BCUT2D eigenvalue weighted by atomic mass is 9.94. The number of hydrogen-bond acceptors (Lipinski definition) is 3. The zero-order chi connectivity index (χ0) is 14.0. The number of hydrogen-bond donors (Lipinski definition) is 0. The molecule has 1 aromatic carbocycles. The van der Waals surface area contributed by atoms with Crippen LogP contribution in [0.2, 0.25) is 0 Å². The largest absolute Gasteiger partial charge is 0.465 e. The molecular formula is C16H18O2S. The van der Waals surface area contributed by atoms with Crippen molar-refractivity contribution in [3.63, 3.8) is 0 Å². The Morgan fingerprint density at radius 2 is 1.79 bits per heavy atom. The van der Waals surface area contributed by atoms with Gasteiger partial charge in [0.1, 0.15) is 0 Å². The van der Waals surface area contributed by atoms with Gasteiger partial charge in [0.15, 0.2) is 0 Å². The smallest absolute Gasteiger partial charge is 0.339 e. The Morgan fingerprint density at radius 1 is 1.16 bits per heavy atom. The maximum atomic E-state index is 11.9. The lowest BCUT2D eigenvalue weighted by Gasteiger charge is -2.15. The SMILES string of the molecule is COC(=O)c1cc(C(C)(C)C)sc1-c1ccccc1. The van der Waals surface area contributed by atoms with Gasteiger partial charge >= 0.3 is 5.97 Å². The van der Waals surface area contributed by atoms with Gasteiger partial charge in [0.25, 0.3) is 0 Å². The minimum Gasteiger partial charge on any atom is -0.465 e. The molecule has 0 bridgehead atoms. The Kier molecular flexibility index (Phi) is 3.76. The zero-order valence-corrected chi connectivity index (χ0v) is 12.5. The van der Waals surface area contributed by atoms with E-state index < -0.39 is 0 Å². The normalized spacial score (nSPS) is 11.4. The Morgan fingerprint density at radius 3 is 2.32 bits per heavy atom. The third kappa shape index (κ3) is 2.87. The average molecular weight is 274 g/mol. The minimum absolute atomic E-state index is 0.0282. The fraction of sp³-hybridized carbons (Fsp3) is 0.312. The van der Waals surface area contributed by atoms with Gasteiger partial charge in [0.2, 0.25) is 0 Å². The predicted octanol–water partition coefficient (Wildman–Crippen LogP) is 4.50. The summed E-state index contributed by atoms with van der Waals surface area (Å²) in [6.07, 6.45) is 0. The molecule has 19 heavy (non-hydrogen) atoms. The van der Waals surface area contributed by atoms with E-state index in [4.69, 9.17) is 4.74 Å². The van der Waals surface area contributed by atoms with Gasteiger partial charge in [-0.2, -0.15) is 0 Å². The molecule has 1 heterocycles. The molecule has 0 amide bonds. The summed E-state index contributed by atoms with van der Waals surface area (Å²) in [6, 6.07) is 11.9. The van der Waals surface area contributed by atoms with Crippen molar-refractivity contribution in [2.24, 2.45) is 0 Å². The van der Waals surface area contributed by atoms with Gasteiger partial charge in [0, 0.05) is 9.75 Å². The van der Waals surface area contributed by atoms with Gasteiger partial charge in [-0.3, -0.25) is 0 Å². The number of ether oxygens (including phenoxy) is 1. The standard InChI is InChI=1S/C16H18O2S/c1-16(2,3)13-10-12(15(17)18-4)14(19-13)11-8-6-5-7-9-11/h5-10H,1-4H3. The highest BCUT2D eigenvalue weighted by Gasteiger charge is 2.23. The summed E-state index contributed by atoms with van der Waals surface area (Å²) >= 11 is 1.66. The van der Waals surface area contributed by atoms with Crippen LogP contribution in [0.25, 0.3) is 10.4 Å². The predicted molar refractivity (Wildman–Crippen MR) is 79.8 cm³/mol. The lowest BCUT2D eigenvalue weighted by molar-refractivity contribution is 0.0602. The number of rotatable bonds is 2. The van der Waals surface area contributed by atoms with E-state index in [1.807, 2.05) is 36.4 Å². The third-order valence-corrected chi connectivity index (χ3v) is 4.52. The molecular weight excluding hydrogens is 256 g/mol. The second-order valence-corrected chi connectivity index (χ2v) is 6.51. The van der Waals surface area contributed by atoms with Crippen molar-refractivity contribution in [1.29, 1.82) is 0 Å². The number of thiophene rings is 1. The first-order chi connectivity index (χ1) is 8.93. The van der Waals surface area contributed by atoms with Crippen molar-refractivity contribution in [1.82, 2.24) is 0 Å². The molecule has 0 atom stereocenters. The van der Waals surface area contributed by atoms with Crippen LogP contribution in [0.15, 0.2) is 36.4 Å². The summed E-state index contributed by atoms with van der Waals surface area (Å²) in [5, 5.41) is 0. The van der Waals surface area contributed by atoms with Crippen LogP contribution in [-0.2, 0) is 10.2 Å². The van der Waals surface area contributed by atoms with Crippen LogP contribution in [0, 0.1) is 0 Å². The van der Waals surface area contributed by atoms with E-state index in [0.717, 1.165) is 10.4 Å². The second kappa shape index (κ2) is 5.17. The number of esters is 1. The van der Waals surface area contributed by atoms with Gasteiger partial charge in [-0.1, -0.05) is 51.1 Å². The Bertz CT molecular complexity index is 577. The molecule has 0 N–H and O–H groups in total. The van der Waals surface area contributed by atoms with Crippen molar-refractivity contribution < 1.29 is 9.53 Å². The highest BCUT2D eigenvalue weighted by Crippen LogP contribution is 2.38. The van der Waals surface area contributed by atoms with Gasteiger partial charge < -0.3 is 4.74 Å². The first-order valence-corrected chi connectivity index (χ1v) is 7.03. The van der Waals surface area contributed by atoms with E-state index in [2.05, 4.69) is 20.8 Å². The van der Waals surface area contributed by atoms with Crippen LogP contribution >= 0.6 is 11.3 Å². The molecule has 0 spiro atoms.